The lowest BCUT2D eigenvalue weighted by Gasteiger charge is -2.16. The molecule has 0 fully saturated rings. The summed E-state index contributed by atoms with van der Waals surface area (Å²) in [5.41, 5.74) is -0.306. The highest BCUT2D eigenvalue weighted by Gasteiger charge is 2.13. The Bertz CT molecular complexity index is 172. The number of unbranched alkanes of at least 4 members (excludes halogenated alkanes) is 2. The van der Waals surface area contributed by atoms with Crippen molar-refractivity contribution in [3.63, 3.8) is 0 Å². The lowest BCUT2D eigenvalue weighted by Crippen LogP contribution is -2.20. The molecule has 0 aromatic carbocycles. The Hall–Kier alpha value is -0.610. The largest absolute Gasteiger partial charge is 0.466 e. The van der Waals surface area contributed by atoms with Gasteiger partial charge in [0.05, 0.1) is 19.8 Å². The van der Waals surface area contributed by atoms with Crippen molar-refractivity contribution in [2.24, 2.45) is 5.41 Å². The zero-order chi connectivity index (χ0) is 13.7. The Morgan fingerprint density at radius 2 is 1.65 bits per heavy atom. The number of esters is 1. The molecule has 0 heterocycles. The molecule has 0 aliphatic rings. The summed E-state index contributed by atoms with van der Waals surface area (Å²) in [6, 6.07) is 0. The van der Waals surface area contributed by atoms with Crippen LogP contribution < -0.4 is 0 Å². The van der Waals surface area contributed by atoms with E-state index in [0.29, 0.717) is 13.0 Å². The highest BCUT2D eigenvalue weighted by molar-refractivity contribution is 5.69. The first-order valence-corrected chi connectivity index (χ1v) is 6.30. The number of carbonyl (C=O) groups excluding carboxylic acids is 1. The van der Waals surface area contributed by atoms with Gasteiger partial charge in [0.15, 0.2) is 0 Å². The first kappa shape index (κ1) is 18.7. The topological polar surface area (TPSA) is 66.8 Å². The van der Waals surface area contributed by atoms with Gasteiger partial charge >= 0.3 is 5.97 Å². The minimum atomic E-state index is -0.306. The summed E-state index contributed by atoms with van der Waals surface area (Å²) < 4.78 is 4.75. The predicted octanol–water partition coefficient (Wildman–Crippen LogP) is 2.13. The normalized spacial score (nSPS) is 10.5. The minimum Gasteiger partial charge on any atom is -0.466 e. The first-order valence-electron chi connectivity index (χ1n) is 6.30. The third kappa shape index (κ3) is 15.4. The summed E-state index contributed by atoms with van der Waals surface area (Å²) in [6.45, 7) is 8.14. The van der Waals surface area contributed by atoms with E-state index < -0.39 is 0 Å². The fourth-order valence-electron chi connectivity index (χ4n) is 0.802. The van der Waals surface area contributed by atoms with Crippen molar-refractivity contribution in [1.82, 2.24) is 0 Å². The third-order valence-electron chi connectivity index (χ3n) is 2.15. The van der Waals surface area contributed by atoms with Gasteiger partial charge in [0.2, 0.25) is 0 Å². The maximum Gasteiger partial charge on any atom is 0.305 e. The van der Waals surface area contributed by atoms with Gasteiger partial charge in [-0.05, 0) is 13.3 Å². The quantitative estimate of drug-likeness (QED) is 0.535. The van der Waals surface area contributed by atoms with E-state index in [1.165, 1.54) is 0 Å². The molecule has 0 saturated heterocycles. The van der Waals surface area contributed by atoms with Crippen LogP contribution in [0.25, 0.3) is 0 Å². The van der Waals surface area contributed by atoms with Gasteiger partial charge in [0.25, 0.3) is 0 Å². The molecule has 4 nitrogen and oxygen atoms in total. The van der Waals surface area contributed by atoms with E-state index in [4.69, 9.17) is 14.9 Å². The Balaban J connectivity index is 0. The second-order valence-electron chi connectivity index (χ2n) is 4.74. The van der Waals surface area contributed by atoms with E-state index in [2.05, 4.69) is 6.92 Å². The zero-order valence-electron chi connectivity index (χ0n) is 11.7. The fraction of sp³-hybridized carbons (Fsp3) is 0.923. The lowest BCUT2D eigenvalue weighted by atomic mass is 9.97. The molecule has 17 heavy (non-hydrogen) atoms. The van der Waals surface area contributed by atoms with Gasteiger partial charge in [0, 0.05) is 11.8 Å². The van der Waals surface area contributed by atoms with Crippen LogP contribution in [0.3, 0.4) is 0 Å². The number of carbonyl (C=O) groups is 1. The minimum absolute atomic E-state index is 0.0451. The Morgan fingerprint density at radius 1 is 1.12 bits per heavy atom. The monoisotopic (exact) mass is 248 g/mol. The predicted molar refractivity (Wildman–Crippen MR) is 68.7 cm³/mol. The Morgan fingerprint density at radius 3 is 1.94 bits per heavy atom. The highest BCUT2D eigenvalue weighted by atomic mass is 16.5. The van der Waals surface area contributed by atoms with Crippen LogP contribution >= 0.6 is 0 Å². The van der Waals surface area contributed by atoms with Crippen LogP contribution in [0.4, 0.5) is 0 Å². The fourth-order valence-corrected chi connectivity index (χ4v) is 0.802. The number of hydrogen-bond acceptors (Lipinski definition) is 4. The average Bonchev–Trinajstić information content (AvgIpc) is 2.31. The summed E-state index contributed by atoms with van der Waals surface area (Å²) in [4.78, 5) is 10.7. The first-order chi connectivity index (χ1) is 7.93. The van der Waals surface area contributed by atoms with Crippen LogP contribution in [0, 0.1) is 5.41 Å². The summed E-state index contributed by atoms with van der Waals surface area (Å²) in [6.07, 6.45) is 3.83. The Kier molecular flexibility index (Phi) is 13.1. The van der Waals surface area contributed by atoms with Crippen molar-refractivity contribution in [3.8, 4) is 0 Å². The molecule has 0 radical (unpaired) electrons. The molecule has 0 aromatic heterocycles. The van der Waals surface area contributed by atoms with E-state index in [1.807, 2.05) is 6.92 Å². The summed E-state index contributed by atoms with van der Waals surface area (Å²) in [5.74, 6) is -0.0593. The van der Waals surface area contributed by atoms with Crippen molar-refractivity contribution in [2.45, 2.75) is 53.4 Å². The molecule has 0 spiro atoms. The van der Waals surface area contributed by atoms with Gasteiger partial charge in [-0.2, -0.15) is 0 Å². The van der Waals surface area contributed by atoms with Crippen LogP contribution in [0.1, 0.15) is 53.4 Å². The molecule has 0 aliphatic carbocycles. The van der Waals surface area contributed by atoms with E-state index in [-0.39, 0.29) is 24.6 Å². The van der Waals surface area contributed by atoms with Crippen molar-refractivity contribution >= 4 is 5.97 Å². The molecule has 104 valence electrons. The second kappa shape index (κ2) is 11.9. The van der Waals surface area contributed by atoms with Crippen LogP contribution in [0.2, 0.25) is 0 Å². The molecule has 0 aromatic rings. The van der Waals surface area contributed by atoms with Gasteiger partial charge in [-0.1, -0.05) is 33.6 Å². The van der Waals surface area contributed by atoms with E-state index in [0.717, 1.165) is 19.3 Å². The maximum atomic E-state index is 10.7. The van der Waals surface area contributed by atoms with Crippen molar-refractivity contribution in [3.05, 3.63) is 0 Å². The molecule has 2 N–H and O–H groups in total. The molecular weight excluding hydrogens is 220 g/mol. The number of aliphatic hydroxyl groups excluding tert-OH is 2. The van der Waals surface area contributed by atoms with E-state index >= 15 is 0 Å². The molecule has 0 aliphatic heterocycles. The lowest BCUT2D eigenvalue weighted by molar-refractivity contribution is -0.143. The van der Waals surface area contributed by atoms with Crippen LogP contribution in [0.5, 0.6) is 0 Å². The average molecular weight is 248 g/mol. The second-order valence-corrected chi connectivity index (χ2v) is 4.74. The van der Waals surface area contributed by atoms with E-state index in [1.54, 1.807) is 13.8 Å². The molecule has 0 saturated carbocycles. The van der Waals surface area contributed by atoms with Crippen LogP contribution in [-0.2, 0) is 9.53 Å². The van der Waals surface area contributed by atoms with Gasteiger partial charge in [-0.3, -0.25) is 4.79 Å². The van der Waals surface area contributed by atoms with Crippen molar-refractivity contribution in [1.29, 1.82) is 0 Å². The van der Waals surface area contributed by atoms with Gasteiger partial charge < -0.3 is 14.9 Å². The SMILES string of the molecule is CC(C)(CO)CO.CCCCCC(=O)OCC. The Labute approximate surface area is 105 Å². The number of aliphatic hydroxyl groups is 2. The van der Waals surface area contributed by atoms with Gasteiger partial charge in [0.1, 0.15) is 0 Å². The van der Waals surface area contributed by atoms with Crippen molar-refractivity contribution in [2.75, 3.05) is 19.8 Å². The number of rotatable bonds is 7. The molecule has 4 heteroatoms. The summed E-state index contributed by atoms with van der Waals surface area (Å²) >= 11 is 0. The summed E-state index contributed by atoms with van der Waals surface area (Å²) in [7, 11) is 0. The van der Waals surface area contributed by atoms with Crippen molar-refractivity contribution < 1.29 is 19.7 Å². The molecule has 0 atom stereocenters. The van der Waals surface area contributed by atoms with Gasteiger partial charge in [-0.15, -0.1) is 0 Å². The van der Waals surface area contributed by atoms with Gasteiger partial charge in [-0.25, -0.2) is 0 Å². The van der Waals surface area contributed by atoms with Crippen LogP contribution in [-0.4, -0.2) is 36.0 Å². The summed E-state index contributed by atoms with van der Waals surface area (Å²) in [5, 5.41) is 16.9. The molecular formula is C13H28O4. The smallest absolute Gasteiger partial charge is 0.305 e. The maximum absolute atomic E-state index is 10.7. The standard InChI is InChI=1S/C8H16O2.C5H12O2/c1-3-5-6-7-8(9)10-4-2;1-5(2,3-6)4-7/h3-7H2,1-2H3;6-7H,3-4H2,1-2H3. The number of ether oxygens (including phenoxy) is 1. The molecule has 0 rings (SSSR count). The third-order valence-corrected chi connectivity index (χ3v) is 2.15. The molecule has 0 amide bonds. The van der Waals surface area contributed by atoms with E-state index in [9.17, 15) is 4.79 Å². The highest BCUT2D eigenvalue weighted by Crippen LogP contribution is 2.10. The molecule has 0 unspecified atom stereocenters. The number of hydrogen-bond donors (Lipinski definition) is 2. The van der Waals surface area contributed by atoms with Crippen LogP contribution in [0.15, 0.2) is 0 Å². The zero-order valence-corrected chi connectivity index (χ0v) is 11.7. The molecule has 0 bridgehead atoms.